The van der Waals surface area contributed by atoms with Crippen LogP contribution >= 0.6 is 0 Å². The van der Waals surface area contributed by atoms with Crippen LogP contribution in [0.4, 0.5) is 0 Å². The summed E-state index contributed by atoms with van der Waals surface area (Å²) in [6.45, 7) is 7.83. The second-order valence-corrected chi connectivity index (χ2v) is 4.75. The van der Waals surface area contributed by atoms with Gasteiger partial charge in [-0.15, -0.1) is 0 Å². The van der Waals surface area contributed by atoms with E-state index in [0.29, 0.717) is 23.6 Å². The van der Waals surface area contributed by atoms with Crippen LogP contribution in [0.5, 0.6) is 0 Å². The van der Waals surface area contributed by atoms with Crippen molar-refractivity contribution in [1.82, 2.24) is 4.90 Å². The Bertz CT molecular complexity index is 321. The molecule has 1 rings (SSSR count). The molecule has 1 aliphatic heterocycles. The van der Waals surface area contributed by atoms with Gasteiger partial charge in [0.25, 0.3) is 11.8 Å². The fourth-order valence-electron chi connectivity index (χ4n) is 1.96. The first-order chi connectivity index (χ1) is 7.40. The van der Waals surface area contributed by atoms with E-state index in [-0.39, 0.29) is 17.9 Å². The van der Waals surface area contributed by atoms with Gasteiger partial charge in [-0.2, -0.15) is 0 Å². The standard InChI is InChI=1S/C12H20N2O2/c1-7(2)5-10(6-13)14-11(15)8(3)9(4)12(14)16/h7,10H,5-6,13H2,1-4H3. The lowest BCUT2D eigenvalue weighted by molar-refractivity contribution is -0.140. The third-order valence-electron chi connectivity index (χ3n) is 3.02. The van der Waals surface area contributed by atoms with Gasteiger partial charge in [-0.25, -0.2) is 0 Å². The van der Waals surface area contributed by atoms with Crippen LogP contribution in [0.3, 0.4) is 0 Å². The third-order valence-corrected chi connectivity index (χ3v) is 3.02. The maximum absolute atomic E-state index is 11.9. The molecule has 4 nitrogen and oxygen atoms in total. The number of nitrogens with zero attached hydrogens (tertiary/aromatic N) is 1. The fourth-order valence-corrected chi connectivity index (χ4v) is 1.96. The van der Waals surface area contributed by atoms with Gasteiger partial charge in [-0.1, -0.05) is 13.8 Å². The SMILES string of the molecule is CC1=C(C)C(=O)N(C(CN)CC(C)C)C1=O. The van der Waals surface area contributed by atoms with Gasteiger partial charge < -0.3 is 5.73 Å². The molecule has 1 aliphatic rings. The Morgan fingerprint density at radius 3 is 1.88 bits per heavy atom. The van der Waals surface area contributed by atoms with Crippen molar-refractivity contribution in [3.63, 3.8) is 0 Å². The van der Waals surface area contributed by atoms with Crippen LogP contribution in [0, 0.1) is 5.92 Å². The zero-order valence-corrected chi connectivity index (χ0v) is 10.4. The van der Waals surface area contributed by atoms with Crippen molar-refractivity contribution in [1.29, 1.82) is 0 Å². The molecule has 0 aliphatic carbocycles. The number of nitrogens with two attached hydrogens (primary N) is 1. The van der Waals surface area contributed by atoms with Crippen molar-refractivity contribution >= 4 is 11.8 Å². The van der Waals surface area contributed by atoms with Crippen LogP contribution in [0.15, 0.2) is 11.1 Å². The third kappa shape index (κ3) is 2.16. The van der Waals surface area contributed by atoms with Crippen molar-refractivity contribution in [3.05, 3.63) is 11.1 Å². The summed E-state index contributed by atoms with van der Waals surface area (Å²) >= 11 is 0. The molecule has 2 N–H and O–H groups in total. The minimum Gasteiger partial charge on any atom is -0.328 e. The smallest absolute Gasteiger partial charge is 0.257 e. The Balaban J connectivity index is 2.90. The minimum atomic E-state index is -0.182. The van der Waals surface area contributed by atoms with E-state index in [1.54, 1.807) is 13.8 Å². The quantitative estimate of drug-likeness (QED) is 0.726. The van der Waals surface area contributed by atoms with Crippen molar-refractivity contribution in [2.45, 2.75) is 40.2 Å². The largest absolute Gasteiger partial charge is 0.328 e. The highest BCUT2D eigenvalue weighted by atomic mass is 16.2. The number of hydrogen-bond donors (Lipinski definition) is 1. The molecule has 0 aromatic heterocycles. The second kappa shape index (κ2) is 4.78. The molecule has 1 unspecified atom stereocenters. The maximum atomic E-state index is 11.9. The van der Waals surface area contributed by atoms with Crippen LogP contribution in [0.25, 0.3) is 0 Å². The second-order valence-electron chi connectivity index (χ2n) is 4.75. The first-order valence-corrected chi connectivity index (χ1v) is 5.65. The van der Waals surface area contributed by atoms with Crippen molar-refractivity contribution in [2.24, 2.45) is 11.7 Å². The van der Waals surface area contributed by atoms with E-state index in [9.17, 15) is 9.59 Å². The van der Waals surface area contributed by atoms with Crippen LogP contribution in [-0.4, -0.2) is 29.3 Å². The summed E-state index contributed by atoms with van der Waals surface area (Å²) < 4.78 is 0. The molecule has 16 heavy (non-hydrogen) atoms. The maximum Gasteiger partial charge on any atom is 0.257 e. The van der Waals surface area contributed by atoms with Crippen molar-refractivity contribution in [3.8, 4) is 0 Å². The summed E-state index contributed by atoms with van der Waals surface area (Å²) in [4.78, 5) is 25.1. The van der Waals surface area contributed by atoms with Gasteiger partial charge >= 0.3 is 0 Å². The van der Waals surface area contributed by atoms with Crippen LogP contribution < -0.4 is 5.73 Å². The first-order valence-electron chi connectivity index (χ1n) is 5.65. The van der Waals surface area contributed by atoms with Gasteiger partial charge in [0.2, 0.25) is 0 Å². The molecule has 90 valence electrons. The predicted octanol–water partition coefficient (Wildman–Crippen LogP) is 1.06. The number of carbonyl (C=O) groups excluding carboxylic acids is 2. The normalized spacial score (nSPS) is 19.0. The van der Waals surface area contributed by atoms with Gasteiger partial charge in [-0.05, 0) is 26.2 Å². The Kier molecular flexibility index (Phi) is 3.86. The average molecular weight is 224 g/mol. The molecule has 0 spiro atoms. The monoisotopic (exact) mass is 224 g/mol. The van der Waals surface area contributed by atoms with Crippen LogP contribution in [-0.2, 0) is 9.59 Å². The number of imide groups is 1. The molecule has 0 bridgehead atoms. The van der Waals surface area contributed by atoms with Gasteiger partial charge in [0.15, 0.2) is 0 Å². The zero-order chi connectivity index (χ0) is 12.5. The summed E-state index contributed by atoms with van der Waals surface area (Å²) in [6.07, 6.45) is 0.758. The highest BCUT2D eigenvalue weighted by Gasteiger charge is 2.37. The summed E-state index contributed by atoms with van der Waals surface area (Å²) in [5, 5.41) is 0. The predicted molar refractivity (Wildman–Crippen MR) is 62.5 cm³/mol. The van der Waals surface area contributed by atoms with Gasteiger partial charge in [0.1, 0.15) is 0 Å². The molecule has 2 amide bonds. The summed E-state index contributed by atoms with van der Waals surface area (Å²) in [7, 11) is 0. The highest BCUT2D eigenvalue weighted by molar-refractivity contribution is 6.18. The molecule has 0 saturated heterocycles. The summed E-state index contributed by atoms with van der Waals surface area (Å²) in [6, 6.07) is -0.174. The molecule has 0 radical (unpaired) electrons. The van der Waals surface area contributed by atoms with E-state index in [1.165, 1.54) is 4.90 Å². The Labute approximate surface area is 96.5 Å². The summed E-state index contributed by atoms with van der Waals surface area (Å²) in [5.74, 6) is 0.0487. The summed E-state index contributed by atoms with van der Waals surface area (Å²) in [5.41, 5.74) is 6.75. The molecular weight excluding hydrogens is 204 g/mol. The average Bonchev–Trinajstić information content (AvgIpc) is 2.41. The lowest BCUT2D eigenvalue weighted by atomic mass is 10.0. The van der Waals surface area contributed by atoms with E-state index in [4.69, 9.17) is 5.73 Å². The molecule has 0 aromatic rings. The lowest BCUT2D eigenvalue weighted by Gasteiger charge is -2.26. The Morgan fingerprint density at radius 2 is 1.56 bits per heavy atom. The van der Waals surface area contributed by atoms with Crippen molar-refractivity contribution in [2.75, 3.05) is 6.54 Å². The number of amides is 2. The molecule has 0 aromatic carbocycles. The van der Waals surface area contributed by atoms with Crippen molar-refractivity contribution < 1.29 is 9.59 Å². The Hall–Kier alpha value is -1.16. The van der Waals surface area contributed by atoms with Crippen LogP contribution in [0.2, 0.25) is 0 Å². The topological polar surface area (TPSA) is 63.4 Å². The number of rotatable bonds is 4. The Morgan fingerprint density at radius 1 is 1.12 bits per heavy atom. The van der Waals surface area contributed by atoms with Gasteiger partial charge in [-0.3, -0.25) is 14.5 Å². The highest BCUT2D eigenvalue weighted by Crippen LogP contribution is 2.24. The van der Waals surface area contributed by atoms with E-state index < -0.39 is 0 Å². The minimum absolute atomic E-state index is 0.174. The van der Waals surface area contributed by atoms with Crippen LogP contribution in [0.1, 0.15) is 34.1 Å². The number of carbonyl (C=O) groups is 2. The van der Waals surface area contributed by atoms with E-state index in [1.807, 2.05) is 0 Å². The number of hydrogen-bond acceptors (Lipinski definition) is 3. The van der Waals surface area contributed by atoms with E-state index in [2.05, 4.69) is 13.8 Å². The molecule has 0 fully saturated rings. The van der Waals surface area contributed by atoms with Gasteiger partial charge in [0, 0.05) is 17.7 Å². The van der Waals surface area contributed by atoms with E-state index >= 15 is 0 Å². The van der Waals surface area contributed by atoms with E-state index in [0.717, 1.165) is 6.42 Å². The van der Waals surface area contributed by atoms with Gasteiger partial charge in [0.05, 0.1) is 6.04 Å². The molecule has 0 saturated carbocycles. The molecule has 4 heteroatoms. The molecule has 1 heterocycles. The zero-order valence-electron chi connectivity index (χ0n) is 10.4. The molecular formula is C12H20N2O2. The fraction of sp³-hybridized carbons (Fsp3) is 0.667. The molecule has 1 atom stereocenters. The first kappa shape index (κ1) is 12.9. The lowest BCUT2D eigenvalue weighted by Crippen LogP contribution is -2.45.